The molecule has 2 aromatic rings. The molecule has 0 radical (unpaired) electrons. The van der Waals surface area contributed by atoms with Crippen molar-refractivity contribution in [2.75, 3.05) is 7.11 Å². The average Bonchev–Trinajstić information content (AvgIpc) is 2.73. The fourth-order valence-corrected chi connectivity index (χ4v) is 3.18. The van der Waals surface area contributed by atoms with E-state index in [2.05, 4.69) is 6.58 Å². The van der Waals surface area contributed by atoms with Crippen molar-refractivity contribution in [2.45, 2.75) is 40.2 Å². The molecular weight excluding hydrogens is 376 g/mol. The van der Waals surface area contributed by atoms with Crippen molar-refractivity contribution < 1.29 is 14.3 Å². The number of hydrogen-bond donors (Lipinski definition) is 1. The third-order valence-corrected chi connectivity index (χ3v) is 4.97. The van der Waals surface area contributed by atoms with Crippen molar-refractivity contribution >= 4 is 6.08 Å². The van der Waals surface area contributed by atoms with E-state index in [-0.39, 0.29) is 5.63 Å². The molecule has 1 unspecified atom stereocenters. The quantitative estimate of drug-likeness (QED) is 0.461. The highest BCUT2D eigenvalue weighted by Gasteiger charge is 2.13. The van der Waals surface area contributed by atoms with Crippen molar-refractivity contribution in [3.63, 3.8) is 0 Å². The fourth-order valence-electron chi connectivity index (χ4n) is 3.18. The summed E-state index contributed by atoms with van der Waals surface area (Å²) in [6.45, 7) is 11.2. The number of aliphatic hydroxyl groups is 1. The van der Waals surface area contributed by atoms with Crippen LogP contribution in [-0.2, 0) is 6.42 Å². The number of benzene rings is 1. The lowest BCUT2D eigenvalue weighted by atomic mass is 9.99. The van der Waals surface area contributed by atoms with Gasteiger partial charge in [-0.1, -0.05) is 65.8 Å². The predicted octanol–water partition coefficient (Wildman–Crippen LogP) is 5.55. The molecule has 0 aliphatic heterocycles. The van der Waals surface area contributed by atoms with Gasteiger partial charge in [0.15, 0.2) is 0 Å². The maximum absolute atomic E-state index is 12.0. The summed E-state index contributed by atoms with van der Waals surface area (Å²) in [5.41, 5.74) is 4.87. The maximum atomic E-state index is 12.0. The third kappa shape index (κ3) is 5.71. The van der Waals surface area contributed by atoms with E-state index in [0.717, 1.165) is 27.8 Å². The summed E-state index contributed by atoms with van der Waals surface area (Å²) in [7, 11) is 1.56. The Labute approximate surface area is 178 Å². The Morgan fingerprint density at radius 3 is 2.63 bits per heavy atom. The summed E-state index contributed by atoms with van der Waals surface area (Å²) in [5.74, 6) is 1.19. The minimum atomic E-state index is -0.695. The first-order valence-corrected chi connectivity index (χ1v) is 9.88. The van der Waals surface area contributed by atoms with Gasteiger partial charge in [-0.05, 0) is 38.8 Å². The van der Waals surface area contributed by atoms with E-state index in [0.29, 0.717) is 23.5 Å². The zero-order chi connectivity index (χ0) is 22.3. The normalized spacial score (nSPS) is 13.2. The number of allylic oxidation sites excluding steroid dienone is 5. The van der Waals surface area contributed by atoms with Crippen LogP contribution in [0, 0.1) is 20.8 Å². The van der Waals surface area contributed by atoms with Crippen LogP contribution >= 0.6 is 0 Å². The van der Waals surface area contributed by atoms with Gasteiger partial charge in [-0.25, -0.2) is 4.79 Å². The van der Waals surface area contributed by atoms with E-state index in [1.54, 1.807) is 14.0 Å². The Kier molecular flexibility index (Phi) is 8.19. The lowest BCUT2D eigenvalue weighted by Crippen LogP contribution is -2.10. The van der Waals surface area contributed by atoms with Gasteiger partial charge < -0.3 is 14.3 Å². The predicted molar refractivity (Wildman–Crippen MR) is 123 cm³/mol. The first kappa shape index (κ1) is 23.2. The van der Waals surface area contributed by atoms with Gasteiger partial charge in [-0.3, -0.25) is 0 Å². The largest absolute Gasteiger partial charge is 0.496 e. The zero-order valence-electron chi connectivity index (χ0n) is 18.4. The molecule has 0 aliphatic carbocycles. The molecule has 1 heterocycles. The molecule has 1 aromatic heterocycles. The Balaban J connectivity index is 2.13. The van der Waals surface area contributed by atoms with E-state index >= 15 is 0 Å². The second kappa shape index (κ2) is 10.6. The number of methoxy groups -OCH3 is 1. The summed E-state index contributed by atoms with van der Waals surface area (Å²) in [6, 6.07) is 5.96. The average molecular weight is 407 g/mol. The zero-order valence-corrected chi connectivity index (χ0v) is 18.4. The summed E-state index contributed by atoms with van der Waals surface area (Å²) >= 11 is 0. The van der Waals surface area contributed by atoms with E-state index in [1.807, 2.05) is 69.4 Å². The van der Waals surface area contributed by atoms with Crippen LogP contribution < -0.4 is 10.4 Å². The third-order valence-electron chi connectivity index (χ3n) is 4.97. The highest BCUT2D eigenvalue weighted by Crippen LogP contribution is 2.24. The number of rotatable bonds is 8. The van der Waals surface area contributed by atoms with E-state index in [9.17, 15) is 9.90 Å². The van der Waals surface area contributed by atoms with Crippen LogP contribution in [0.15, 0.2) is 69.9 Å². The van der Waals surface area contributed by atoms with Crippen LogP contribution in [0.2, 0.25) is 0 Å². The molecular formula is C26H30O4. The summed E-state index contributed by atoms with van der Waals surface area (Å²) in [4.78, 5) is 12.0. The van der Waals surface area contributed by atoms with Crippen molar-refractivity contribution in [1.29, 1.82) is 0 Å². The smallest absolute Gasteiger partial charge is 0.342 e. The topological polar surface area (TPSA) is 59.7 Å². The molecule has 0 spiro atoms. The molecule has 1 aromatic carbocycles. The molecule has 158 valence electrons. The monoisotopic (exact) mass is 406 g/mol. The Morgan fingerprint density at radius 2 is 1.97 bits per heavy atom. The molecule has 0 saturated carbocycles. The van der Waals surface area contributed by atoms with Gasteiger partial charge in [0.2, 0.25) is 0 Å². The molecule has 30 heavy (non-hydrogen) atoms. The SMILES string of the molecule is C=CC(O)c1cc(C)ccc1\C=C/C=C\C(C)=C\Cc1oc(=O)c(C)c(OC)c1C. The molecule has 1 atom stereocenters. The van der Waals surface area contributed by atoms with E-state index in [4.69, 9.17) is 9.15 Å². The number of aliphatic hydroxyl groups excluding tert-OH is 1. The Bertz CT molecular complexity index is 1050. The van der Waals surface area contributed by atoms with Crippen molar-refractivity contribution in [1.82, 2.24) is 0 Å². The van der Waals surface area contributed by atoms with Gasteiger partial charge in [0.05, 0.1) is 18.8 Å². The minimum Gasteiger partial charge on any atom is -0.496 e. The summed E-state index contributed by atoms with van der Waals surface area (Å²) in [5, 5.41) is 10.1. The second-order valence-corrected chi connectivity index (χ2v) is 7.28. The van der Waals surface area contributed by atoms with Gasteiger partial charge in [0, 0.05) is 12.0 Å². The van der Waals surface area contributed by atoms with Crippen molar-refractivity contribution in [2.24, 2.45) is 0 Å². The number of aryl methyl sites for hydroxylation is 1. The molecule has 4 heteroatoms. The van der Waals surface area contributed by atoms with Crippen molar-refractivity contribution in [3.8, 4) is 5.75 Å². The molecule has 2 rings (SSSR count). The molecule has 0 aliphatic rings. The number of ether oxygens (including phenoxy) is 1. The van der Waals surface area contributed by atoms with Gasteiger partial charge in [-0.2, -0.15) is 0 Å². The van der Waals surface area contributed by atoms with Crippen LogP contribution in [0.1, 0.15) is 46.6 Å². The molecule has 0 amide bonds. The van der Waals surface area contributed by atoms with E-state index in [1.165, 1.54) is 6.08 Å². The molecule has 0 saturated heterocycles. The summed E-state index contributed by atoms with van der Waals surface area (Å²) in [6.07, 6.45) is 11.1. The van der Waals surface area contributed by atoms with Crippen LogP contribution in [0.3, 0.4) is 0 Å². The van der Waals surface area contributed by atoms with Gasteiger partial charge in [0.1, 0.15) is 11.5 Å². The van der Waals surface area contributed by atoms with Crippen LogP contribution in [0.25, 0.3) is 6.08 Å². The van der Waals surface area contributed by atoms with Crippen LogP contribution in [0.5, 0.6) is 5.75 Å². The first-order valence-electron chi connectivity index (χ1n) is 9.88. The Morgan fingerprint density at radius 1 is 1.23 bits per heavy atom. The van der Waals surface area contributed by atoms with Gasteiger partial charge >= 0.3 is 5.63 Å². The molecule has 1 N–H and O–H groups in total. The highest BCUT2D eigenvalue weighted by molar-refractivity contribution is 5.57. The first-order chi connectivity index (χ1) is 14.3. The van der Waals surface area contributed by atoms with Gasteiger partial charge in [0.25, 0.3) is 0 Å². The molecule has 0 fully saturated rings. The van der Waals surface area contributed by atoms with Crippen molar-refractivity contribution in [3.05, 3.63) is 105 Å². The molecule has 4 nitrogen and oxygen atoms in total. The highest BCUT2D eigenvalue weighted by atomic mass is 16.5. The molecule has 0 bridgehead atoms. The lowest BCUT2D eigenvalue weighted by molar-refractivity contribution is 0.229. The standard InChI is InChI=1S/C26H30O4/c1-7-23(27)22-16-18(3)12-14-21(22)11-9-8-10-17(2)13-15-24-19(4)25(29-6)20(5)26(28)30-24/h7-14,16,23,27H,1,15H2,2-6H3/b10-8-,11-9-,17-13+. The minimum absolute atomic E-state index is 0.368. The fraction of sp³-hybridized carbons (Fsp3) is 0.269. The van der Waals surface area contributed by atoms with Crippen LogP contribution in [0.4, 0.5) is 0 Å². The number of hydrogen-bond acceptors (Lipinski definition) is 4. The van der Waals surface area contributed by atoms with Gasteiger partial charge in [-0.15, -0.1) is 6.58 Å². The Hall–Kier alpha value is -3.11. The second-order valence-electron chi connectivity index (χ2n) is 7.28. The lowest BCUT2D eigenvalue weighted by Gasteiger charge is -2.10. The van der Waals surface area contributed by atoms with Crippen LogP contribution in [-0.4, -0.2) is 12.2 Å². The van der Waals surface area contributed by atoms with E-state index < -0.39 is 6.10 Å². The summed E-state index contributed by atoms with van der Waals surface area (Å²) < 4.78 is 10.8. The maximum Gasteiger partial charge on any atom is 0.342 e.